The summed E-state index contributed by atoms with van der Waals surface area (Å²) < 4.78 is 22.0. The van der Waals surface area contributed by atoms with E-state index in [0.717, 1.165) is 19.3 Å². The first-order valence-electron chi connectivity index (χ1n) is 4.55. The highest BCUT2D eigenvalue weighted by Crippen LogP contribution is 2.36. The molecule has 0 N–H and O–H groups in total. The molecule has 1 atom stereocenters. The lowest BCUT2D eigenvalue weighted by molar-refractivity contribution is 0.571. The van der Waals surface area contributed by atoms with Gasteiger partial charge < -0.3 is 0 Å². The smallest absolute Gasteiger partial charge is 0.212 e. The average Bonchev–Trinajstić information content (AvgIpc) is 2.49. The van der Waals surface area contributed by atoms with Crippen LogP contribution in [0.15, 0.2) is 11.4 Å². The van der Waals surface area contributed by atoms with Crippen LogP contribution in [0.3, 0.4) is 0 Å². The summed E-state index contributed by atoms with van der Waals surface area (Å²) in [4.78, 5) is 1.33. The van der Waals surface area contributed by atoms with E-state index in [2.05, 4.69) is 0 Å². The molecule has 1 aliphatic carbocycles. The van der Waals surface area contributed by atoms with Crippen molar-refractivity contribution >= 4 is 31.1 Å². The zero-order valence-corrected chi connectivity index (χ0v) is 9.96. The van der Waals surface area contributed by atoms with Crippen molar-refractivity contribution in [3.8, 4) is 0 Å². The van der Waals surface area contributed by atoms with Gasteiger partial charge in [-0.25, -0.2) is 8.42 Å². The molecular weight excluding hydrogens is 240 g/mol. The summed E-state index contributed by atoms with van der Waals surface area (Å²) in [7, 11) is 1.91. The van der Waals surface area contributed by atoms with Crippen molar-refractivity contribution in [2.24, 2.45) is 0 Å². The fourth-order valence-corrected chi connectivity index (χ4v) is 4.29. The predicted octanol–water partition coefficient (Wildman–Crippen LogP) is 2.74. The maximum atomic E-state index is 11.0. The number of halogens is 1. The molecule has 1 aromatic heterocycles. The summed E-state index contributed by atoms with van der Waals surface area (Å²) in [5.41, 5.74) is 1.20. The molecular formula is C9H11ClO2S2. The van der Waals surface area contributed by atoms with Crippen LogP contribution in [-0.2, 0) is 15.5 Å². The highest BCUT2D eigenvalue weighted by atomic mass is 35.7. The first-order valence-corrected chi connectivity index (χ1v) is 7.90. The van der Waals surface area contributed by atoms with Gasteiger partial charge in [-0.1, -0.05) is 0 Å². The van der Waals surface area contributed by atoms with Crippen molar-refractivity contribution in [1.29, 1.82) is 0 Å². The minimum absolute atomic E-state index is 0.0816. The molecule has 1 unspecified atom stereocenters. The first-order chi connectivity index (χ1) is 6.56. The second-order valence-corrected chi connectivity index (χ2v) is 7.42. The van der Waals surface area contributed by atoms with E-state index < -0.39 is 9.05 Å². The van der Waals surface area contributed by atoms with Gasteiger partial charge >= 0.3 is 0 Å². The molecule has 78 valence electrons. The van der Waals surface area contributed by atoms with Crippen LogP contribution in [0.1, 0.15) is 29.2 Å². The van der Waals surface area contributed by atoms with E-state index in [1.165, 1.54) is 10.4 Å². The van der Waals surface area contributed by atoms with E-state index in [0.29, 0.717) is 0 Å². The quantitative estimate of drug-likeness (QED) is 0.757. The molecule has 5 heteroatoms. The SMILES string of the molecule is O=S(=O)(Cl)CC1CCCc2sccc21. The lowest BCUT2D eigenvalue weighted by Gasteiger charge is -2.20. The van der Waals surface area contributed by atoms with E-state index in [1.54, 1.807) is 11.3 Å². The zero-order chi connectivity index (χ0) is 10.2. The number of rotatable bonds is 2. The van der Waals surface area contributed by atoms with Crippen LogP contribution >= 0.6 is 22.0 Å². The Kier molecular flexibility index (Phi) is 2.86. The predicted molar refractivity (Wildman–Crippen MR) is 59.6 cm³/mol. The largest absolute Gasteiger partial charge is 0.233 e. The van der Waals surface area contributed by atoms with Gasteiger partial charge in [0.15, 0.2) is 0 Å². The van der Waals surface area contributed by atoms with Crippen molar-refractivity contribution in [1.82, 2.24) is 0 Å². The molecule has 1 aromatic rings. The van der Waals surface area contributed by atoms with Gasteiger partial charge in [-0.05, 0) is 36.3 Å². The molecule has 0 amide bonds. The molecule has 1 aliphatic rings. The van der Waals surface area contributed by atoms with Crippen molar-refractivity contribution < 1.29 is 8.42 Å². The van der Waals surface area contributed by atoms with E-state index in [9.17, 15) is 8.42 Å². The molecule has 1 heterocycles. The van der Waals surface area contributed by atoms with Gasteiger partial charge in [-0.3, -0.25) is 0 Å². The lowest BCUT2D eigenvalue weighted by Crippen LogP contribution is -2.14. The third-order valence-electron chi connectivity index (χ3n) is 2.58. The second kappa shape index (κ2) is 3.83. The fraction of sp³-hybridized carbons (Fsp3) is 0.556. The minimum Gasteiger partial charge on any atom is -0.212 e. The van der Waals surface area contributed by atoms with Crippen molar-refractivity contribution in [2.45, 2.75) is 25.2 Å². The van der Waals surface area contributed by atoms with Gasteiger partial charge in [0, 0.05) is 21.5 Å². The van der Waals surface area contributed by atoms with Crippen LogP contribution in [0.5, 0.6) is 0 Å². The number of fused-ring (bicyclic) bond motifs is 1. The summed E-state index contributed by atoms with van der Waals surface area (Å²) in [5.74, 6) is 0.200. The summed E-state index contributed by atoms with van der Waals surface area (Å²) >= 11 is 1.72. The van der Waals surface area contributed by atoms with E-state index >= 15 is 0 Å². The Labute approximate surface area is 92.3 Å². The van der Waals surface area contributed by atoms with Crippen LogP contribution in [0.25, 0.3) is 0 Å². The maximum Gasteiger partial charge on any atom is 0.233 e. The molecule has 0 fully saturated rings. The van der Waals surface area contributed by atoms with Gasteiger partial charge in [0.2, 0.25) is 9.05 Å². The molecule has 2 rings (SSSR count). The summed E-state index contributed by atoms with van der Waals surface area (Å²) in [6, 6.07) is 2.03. The Bertz CT molecular complexity index is 422. The molecule has 14 heavy (non-hydrogen) atoms. The molecule has 0 saturated carbocycles. The van der Waals surface area contributed by atoms with Crippen LogP contribution < -0.4 is 0 Å². The number of hydrogen-bond donors (Lipinski definition) is 0. The Hall–Kier alpha value is -0.0600. The Morgan fingerprint density at radius 2 is 2.36 bits per heavy atom. The minimum atomic E-state index is -3.37. The second-order valence-electron chi connectivity index (χ2n) is 3.59. The molecule has 2 nitrogen and oxygen atoms in total. The van der Waals surface area contributed by atoms with Gasteiger partial charge in [0.05, 0.1) is 5.75 Å². The van der Waals surface area contributed by atoms with Crippen molar-refractivity contribution in [3.05, 3.63) is 21.9 Å². The van der Waals surface area contributed by atoms with Crippen LogP contribution in [-0.4, -0.2) is 14.2 Å². The number of aryl methyl sites for hydroxylation is 1. The summed E-state index contributed by atoms with van der Waals surface area (Å²) in [6.07, 6.45) is 3.10. The standard InChI is InChI=1S/C9H11ClO2S2/c10-14(11,12)6-7-2-1-3-9-8(7)4-5-13-9/h4-5,7H,1-3,6H2. The molecule has 0 aliphatic heterocycles. The van der Waals surface area contributed by atoms with Gasteiger partial charge in [-0.2, -0.15) is 0 Å². The summed E-state index contributed by atoms with van der Waals surface area (Å²) in [6.45, 7) is 0. The first kappa shape index (κ1) is 10.5. The van der Waals surface area contributed by atoms with Crippen LogP contribution in [0.4, 0.5) is 0 Å². The topological polar surface area (TPSA) is 34.1 Å². The third kappa shape index (κ3) is 2.30. The average molecular weight is 251 g/mol. The Balaban J connectivity index is 2.25. The number of thiophene rings is 1. The van der Waals surface area contributed by atoms with E-state index in [1.807, 2.05) is 11.4 Å². The van der Waals surface area contributed by atoms with Gasteiger partial charge in [0.1, 0.15) is 0 Å². The normalized spacial score (nSPS) is 21.9. The van der Waals surface area contributed by atoms with E-state index in [-0.39, 0.29) is 11.7 Å². The Morgan fingerprint density at radius 3 is 3.07 bits per heavy atom. The molecule has 0 radical (unpaired) electrons. The monoisotopic (exact) mass is 250 g/mol. The fourth-order valence-electron chi connectivity index (χ4n) is 2.00. The Morgan fingerprint density at radius 1 is 1.57 bits per heavy atom. The van der Waals surface area contributed by atoms with Crippen molar-refractivity contribution in [2.75, 3.05) is 5.75 Å². The maximum absolute atomic E-state index is 11.0. The van der Waals surface area contributed by atoms with Crippen molar-refractivity contribution in [3.63, 3.8) is 0 Å². The number of hydrogen-bond acceptors (Lipinski definition) is 3. The van der Waals surface area contributed by atoms with Crippen LogP contribution in [0.2, 0.25) is 0 Å². The molecule has 0 bridgehead atoms. The van der Waals surface area contributed by atoms with E-state index in [4.69, 9.17) is 10.7 Å². The highest BCUT2D eigenvalue weighted by molar-refractivity contribution is 8.13. The van der Waals surface area contributed by atoms with Gasteiger partial charge in [-0.15, -0.1) is 11.3 Å². The summed E-state index contributed by atoms with van der Waals surface area (Å²) in [5, 5.41) is 2.03. The lowest BCUT2D eigenvalue weighted by atomic mass is 9.89. The zero-order valence-electron chi connectivity index (χ0n) is 7.57. The van der Waals surface area contributed by atoms with Crippen LogP contribution in [0, 0.1) is 0 Å². The molecule has 0 aromatic carbocycles. The third-order valence-corrected chi connectivity index (χ3v) is 4.75. The molecule has 0 saturated heterocycles. The van der Waals surface area contributed by atoms with Gasteiger partial charge in [0.25, 0.3) is 0 Å². The molecule has 0 spiro atoms. The highest BCUT2D eigenvalue weighted by Gasteiger charge is 2.25.